The van der Waals surface area contributed by atoms with Crippen molar-refractivity contribution in [3.8, 4) is 0 Å². The van der Waals surface area contributed by atoms with Gasteiger partial charge in [-0.25, -0.2) is 10.4 Å². The van der Waals surface area contributed by atoms with E-state index in [1.54, 1.807) is 24.5 Å². The number of thiophene rings is 1. The minimum Gasteiger partial charge on any atom is -0.375 e. The Kier molecular flexibility index (Phi) is 3.73. The van der Waals surface area contributed by atoms with E-state index in [1.807, 2.05) is 18.4 Å². The van der Waals surface area contributed by atoms with Gasteiger partial charge in [-0.2, -0.15) is 5.10 Å². The first-order valence-electron chi connectivity index (χ1n) is 5.18. The van der Waals surface area contributed by atoms with Crippen molar-refractivity contribution >= 4 is 39.9 Å². The molecule has 1 amide bonds. The molecular weight excluding hydrogens is 268 g/mol. The lowest BCUT2D eigenvalue weighted by atomic mass is 10.3. The van der Waals surface area contributed by atoms with Gasteiger partial charge >= 0.3 is 0 Å². The molecule has 5 nitrogen and oxygen atoms in total. The Hall–Kier alpha value is -1.73. The van der Waals surface area contributed by atoms with E-state index in [-0.39, 0.29) is 5.91 Å². The first kappa shape index (κ1) is 12.7. The van der Waals surface area contributed by atoms with Crippen LogP contribution < -0.4 is 11.2 Å². The fraction of sp³-hybridized carbons (Fsp3) is 0.182. The second-order valence-electron chi connectivity index (χ2n) is 3.63. The number of hydrogen-bond donors (Lipinski definition) is 2. The highest BCUT2D eigenvalue weighted by Gasteiger charge is 2.13. The molecule has 0 aliphatic carbocycles. The third kappa shape index (κ3) is 2.74. The van der Waals surface area contributed by atoms with Crippen molar-refractivity contribution in [3.05, 3.63) is 32.5 Å². The maximum Gasteiger partial charge on any atom is 0.283 e. The summed E-state index contributed by atoms with van der Waals surface area (Å²) >= 11 is 2.73. The van der Waals surface area contributed by atoms with Gasteiger partial charge in [0.1, 0.15) is 4.88 Å². The quantitative estimate of drug-likeness (QED) is 0.668. The molecule has 0 radical (unpaired) electrons. The molecule has 2 rings (SSSR count). The third-order valence-electron chi connectivity index (χ3n) is 2.27. The lowest BCUT2D eigenvalue weighted by molar-refractivity contribution is 0.0958. The van der Waals surface area contributed by atoms with Crippen LogP contribution in [0.3, 0.4) is 0 Å². The fourth-order valence-corrected chi connectivity index (χ4v) is 2.85. The van der Waals surface area contributed by atoms with E-state index in [0.717, 1.165) is 21.8 Å². The second kappa shape index (κ2) is 5.28. The normalized spacial score (nSPS) is 11.0. The van der Waals surface area contributed by atoms with Crippen LogP contribution in [0, 0.1) is 13.8 Å². The molecule has 0 unspecified atom stereocenters. The number of hydrogen-bond acceptors (Lipinski definition) is 6. The SMILES string of the molecule is Cc1ccsc1C=NNC(=O)c1sc(N)nc1C. The Morgan fingerprint density at radius 3 is 2.89 bits per heavy atom. The Morgan fingerprint density at radius 1 is 1.56 bits per heavy atom. The zero-order valence-corrected chi connectivity index (χ0v) is 11.6. The van der Waals surface area contributed by atoms with Gasteiger partial charge in [0.2, 0.25) is 0 Å². The molecular formula is C11H12N4OS2. The van der Waals surface area contributed by atoms with Crippen LogP contribution in [0.5, 0.6) is 0 Å². The predicted octanol–water partition coefficient (Wildman–Crippen LogP) is 2.17. The number of nitrogens with one attached hydrogen (secondary N) is 1. The third-order valence-corrected chi connectivity index (χ3v) is 4.21. The van der Waals surface area contributed by atoms with E-state index in [0.29, 0.717) is 15.7 Å². The number of nitrogens with zero attached hydrogens (tertiary/aromatic N) is 2. The zero-order valence-electron chi connectivity index (χ0n) is 9.93. The first-order chi connectivity index (χ1) is 8.58. The van der Waals surface area contributed by atoms with Crippen LogP contribution in [0.25, 0.3) is 0 Å². The molecule has 3 N–H and O–H groups in total. The summed E-state index contributed by atoms with van der Waals surface area (Å²) in [6.45, 7) is 3.74. The van der Waals surface area contributed by atoms with Crippen molar-refractivity contribution in [1.29, 1.82) is 0 Å². The second-order valence-corrected chi connectivity index (χ2v) is 5.61. The largest absolute Gasteiger partial charge is 0.375 e. The number of hydrazone groups is 1. The number of carbonyl (C=O) groups excluding carboxylic acids is 1. The maximum absolute atomic E-state index is 11.8. The molecule has 0 bridgehead atoms. The molecule has 0 fully saturated rings. The van der Waals surface area contributed by atoms with E-state index in [4.69, 9.17) is 5.73 Å². The van der Waals surface area contributed by atoms with Gasteiger partial charge in [0.05, 0.1) is 11.9 Å². The Bertz CT molecular complexity index is 600. The minimum absolute atomic E-state index is 0.285. The maximum atomic E-state index is 11.8. The molecule has 2 aromatic rings. The van der Waals surface area contributed by atoms with Crippen LogP contribution in [-0.2, 0) is 0 Å². The van der Waals surface area contributed by atoms with E-state index in [2.05, 4.69) is 15.5 Å². The van der Waals surface area contributed by atoms with Gasteiger partial charge in [0.25, 0.3) is 5.91 Å². The van der Waals surface area contributed by atoms with E-state index in [9.17, 15) is 4.79 Å². The Morgan fingerprint density at radius 2 is 2.33 bits per heavy atom. The highest BCUT2D eigenvalue weighted by atomic mass is 32.1. The van der Waals surface area contributed by atoms with E-state index >= 15 is 0 Å². The van der Waals surface area contributed by atoms with E-state index in [1.165, 1.54) is 0 Å². The summed E-state index contributed by atoms with van der Waals surface area (Å²) in [4.78, 5) is 17.3. The Balaban J connectivity index is 2.03. The summed E-state index contributed by atoms with van der Waals surface area (Å²) in [5, 5.41) is 6.29. The topological polar surface area (TPSA) is 80.4 Å². The van der Waals surface area contributed by atoms with Crippen molar-refractivity contribution in [2.24, 2.45) is 5.10 Å². The molecule has 0 atom stereocenters. The van der Waals surface area contributed by atoms with Gasteiger partial charge in [0.15, 0.2) is 5.13 Å². The van der Waals surface area contributed by atoms with Gasteiger partial charge in [-0.15, -0.1) is 11.3 Å². The average molecular weight is 280 g/mol. The molecule has 0 aromatic carbocycles. The number of carbonyl (C=O) groups is 1. The summed E-state index contributed by atoms with van der Waals surface area (Å²) in [6.07, 6.45) is 1.64. The number of aryl methyl sites for hydroxylation is 2. The number of nitrogen functional groups attached to an aromatic ring is 1. The monoisotopic (exact) mass is 280 g/mol. The van der Waals surface area contributed by atoms with Crippen molar-refractivity contribution < 1.29 is 4.79 Å². The average Bonchev–Trinajstić information content (AvgIpc) is 2.85. The molecule has 18 heavy (non-hydrogen) atoms. The van der Waals surface area contributed by atoms with Crippen molar-refractivity contribution in [2.45, 2.75) is 13.8 Å². The first-order valence-corrected chi connectivity index (χ1v) is 6.88. The summed E-state index contributed by atoms with van der Waals surface area (Å²) in [7, 11) is 0. The molecule has 0 spiro atoms. The molecule has 0 aliphatic heterocycles. The summed E-state index contributed by atoms with van der Waals surface area (Å²) in [6, 6.07) is 2.00. The lowest BCUT2D eigenvalue weighted by Crippen LogP contribution is -2.17. The molecule has 2 aromatic heterocycles. The smallest absolute Gasteiger partial charge is 0.283 e. The van der Waals surface area contributed by atoms with E-state index < -0.39 is 0 Å². The van der Waals surface area contributed by atoms with Gasteiger partial charge in [-0.1, -0.05) is 11.3 Å². The number of nitrogens with two attached hydrogens (primary N) is 1. The van der Waals surface area contributed by atoms with Gasteiger partial charge in [-0.3, -0.25) is 4.79 Å². The van der Waals surface area contributed by atoms with Crippen LogP contribution >= 0.6 is 22.7 Å². The van der Waals surface area contributed by atoms with Crippen LogP contribution in [-0.4, -0.2) is 17.1 Å². The number of thiazole rings is 1. The van der Waals surface area contributed by atoms with Crippen molar-refractivity contribution in [1.82, 2.24) is 10.4 Å². The predicted molar refractivity (Wildman–Crippen MR) is 75.4 cm³/mol. The van der Waals surface area contributed by atoms with Gasteiger partial charge in [-0.05, 0) is 30.9 Å². The number of aromatic nitrogens is 1. The number of amides is 1. The lowest BCUT2D eigenvalue weighted by Gasteiger charge is -1.96. The fourth-order valence-electron chi connectivity index (χ4n) is 1.34. The highest BCUT2D eigenvalue weighted by molar-refractivity contribution is 7.17. The minimum atomic E-state index is -0.285. The van der Waals surface area contributed by atoms with Crippen LogP contribution in [0.4, 0.5) is 5.13 Å². The van der Waals surface area contributed by atoms with Crippen molar-refractivity contribution in [2.75, 3.05) is 5.73 Å². The molecule has 0 saturated heterocycles. The van der Waals surface area contributed by atoms with Crippen LogP contribution in [0.2, 0.25) is 0 Å². The van der Waals surface area contributed by atoms with Crippen LogP contribution in [0.15, 0.2) is 16.5 Å². The molecule has 2 heterocycles. The summed E-state index contributed by atoms with van der Waals surface area (Å²) < 4.78 is 0. The molecule has 0 saturated carbocycles. The highest BCUT2D eigenvalue weighted by Crippen LogP contribution is 2.19. The molecule has 7 heteroatoms. The summed E-state index contributed by atoms with van der Waals surface area (Å²) in [5.74, 6) is -0.285. The molecule has 0 aliphatic rings. The number of rotatable bonds is 3. The number of anilines is 1. The van der Waals surface area contributed by atoms with Gasteiger partial charge in [0, 0.05) is 4.88 Å². The molecule has 94 valence electrons. The Labute approximate surface area is 112 Å². The van der Waals surface area contributed by atoms with Crippen molar-refractivity contribution in [3.63, 3.8) is 0 Å². The van der Waals surface area contributed by atoms with Crippen LogP contribution in [0.1, 0.15) is 25.8 Å². The van der Waals surface area contributed by atoms with Gasteiger partial charge < -0.3 is 5.73 Å². The zero-order chi connectivity index (χ0) is 13.1. The standard InChI is InChI=1S/C11H12N4OS2/c1-6-3-4-17-8(6)5-13-15-10(16)9-7(2)14-11(12)18-9/h3-5H,1-2H3,(H2,12,14)(H,15,16). The summed E-state index contributed by atoms with van der Waals surface area (Å²) in [5.41, 5.74) is 9.76.